The van der Waals surface area contributed by atoms with Gasteiger partial charge in [0.2, 0.25) is 0 Å². The van der Waals surface area contributed by atoms with Crippen LogP contribution < -0.4 is 14.4 Å². The van der Waals surface area contributed by atoms with Gasteiger partial charge < -0.3 is 14.4 Å². The Morgan fingerprint density at radius 1 is 1.00 bits per heavy atom. The molecule has 5 nitrogen and oxygen atoms in total. The van der Waals surface area contributed by atoms with E-state index < -0.39 is 0 Å². The van der Waals surface area contributed by atoms with Crippen LogP contribution in [-0.2, 0) is 6.54 Å². The van der Waals surface area contributed by atoms with Gasteiger partial charge in [-0.25, -0.2) is 4.98 Å². The summed E-state index contributed by atoms with van der Waals surface area (Å²) >= 11 is 1.68. The number of nitrogens with zero attached hydrogens (tertiary/aromatic N) is 3. The van der Waals surface area contributed by atoms with Gasteiger partial charge in [0.25, 0.3) is 0 Å². The lowest BCUT2D eigenvalue weighted by molar-refractivity contribution is 0.247. The molecule has 6 heteroatoms. The number of piperazine rings is 1. The zero-order chi connectivity index (χ0) is 20.1. The third-order valence-electron chi connectivity index (χ3n) is 5.14. The van der Waals surface area contributed by atoms with Crippen LogP contribution in [0.3, 0.4) is 0 Å². The number of aromatic nitrogens is 1. The van der Waals surface area contributed by atoms with Crippen LogP contribution in [0.5, 0.6) is 11.5 Å². The normalized spacial score (nSPS) is 14.8. The van der Waals surface area contributed by atoms with Crippen molar-refractivity contribution in [3.8, 4) is 22.1 Å². The van der Waals surface area contributed by atoms with Gasteiger partial charge in [-0.1, -0.05) is 18.2 Å². The Morgan fingerprint density at radius 3 is 2.52 bits per heavy atom. The number of hydrogen-bond acceptors (Lipinski definition) is 6. The van der Waals surface area contributed by atoms with Crippen molar-refractivity contribution in [1.82, 2.24) is 9.88 Å². The van der Waals surface area contributed by atoms with E-state index in [1.165, 1.54) is 5.69 Å². The van der Waals surface area contributed by atoms with Gasteiger partial charge in [0.05, 0.1) is 19.4 Å². The van der Waals surface area contributed by atoms with E-state index in [-0.39, 0.29) is 0 Å². The Bertz CT molecular complexity index is 921. The van der Waals surface area contributed by atoms with Crippen LogP contribution in [-0.4, -0.2) is 49.8 Å². The number of ether oxygens (including phenoxy) is 2. The molecule has 29 heavy (non-hydrogen) atoms. The van der Waals surface area contributed by atoms with Crippen molar-refractivity contribution in [3.63, 3.8) is 0 Å². The molecule has 0 aliphatic carbocycles. The van der Waals surface area contributed by atoms with E-state index in [9.17, 15) is 0 Å². The molecule has 0 N–H and O–H groups in total. The summed E-state index contributed by atoms with van der Waals surface area (Å²) in [5.41, 5.74) is 3.51. The van der Waals surface area contributed by atoms with E-state index in [2.05, 4.69) is 51.6 Å². The molecular formula is C23H27N3O2S. The van der Waals surface area contributed by atoms with Crippen LogP contribution in [0, 0.1) is 0 Å². The summed E-state index contributed by atoms with van der Waals surface area (Å²) in [5, 5.41) is 3.19. The predicted molar refractivity (Wildman–Crippen MR) is 119 cm³/mol. The van der Waals surface area contributed by atoms with Gasteiger partial charge in [0, 0.05) is 49.4 Å². The average molecular weight is 410 g/mol. The van der Waals surface area contributed by atoms with Gasteiger partial charge in [-0.2, -0.15) is 0 Å². The summed E-state index contributed by atoms with van der Waals surface area (Å²) in [6, 6.07) is 16.7. The summed E-state index contributed by atoms with van der Waals surface area (Å²) in [7, 11) is 1.67. The predicted octanol–water partition coefficient (Wildman–Crippen LogP) is 4.54. The number of methoxy groups -OCH3 is 1. The highest BCUT2D eigenvalue weighted by Gasteiger charge is 2.18. The van der Waals surface area contributed by atoms with Gasteiger partial charge in [-0.15, -0.1) is 11.3 Å². The van der Waals surface area contributed by atoms with Crippen LogP contribution in [0.1, 0.15) is 12.6 Å². The first-order valence-electron chi connectivity index (χ1n) is 10.0. The highest BCUT2D eigenvalue weighted by molar-refractivity contribution is 7.13. The van der Waals surface area contributed by atoms with Gasteiger partial charge in [-0.05, 0) is 37.3 Å². The lowest BCUT2D eigenvalue weighted by Crippen LogP contribution is -2.46. The SMILES string of the molecule is CCOc1ccc(-c2nc(CN3CCN(c4ccccc4)CC3)cs2)cc1OC. The second-order valence-corrected chi connectivity index (χ2v) is 7.90. The molecule has 2 aromatic carbocycles. The second kappa shape index (κ2) is 9.29. The molecule has 0 spiro atoms. The zero-order valence-corrected chi connectivity index (χ0v) is 17.8. The number of hydrogen-bond donors (Lipinski definition) is 0. The number of rotatable bonds is 7. The zero-order valence-electron chi connectivity index (χ0n) is 17.0. The summed E-state index contributed by atoms with van der Waals surface area (Å²) in [6.07, 6.45) is 0. The molecule has 3 aromatic rings. The van der Waals surface area contributed by atoms with Crippen molar-refractivity contribution in [2.75, 3.05) is 44.8 Å². The topological polar surface area (TPSA) is 37.8 Å². The number of anilines is 1. The first-order valence-corrected chi connectivity index (χ1v) is 10.9. The largest absolute Gasteiger partial charge is 0.493 e. The van der Waals surface area contributed by atoms with Gasteiger partial charge in [-0.3, -0.25) is 4.90 Å². The Morgan fingerprint density at radius 2 is 1.79 bits per heavy atom. The van der Waals surface area contributed by atoms with Crippen molar-refractivity contribution >= 4 is 17.0 Å². The molecule has 0 saturated carbocycles. The van der Waals surface area contributed by atoms with Crippen molar-refractivity contribution < 1.29 is 9.47 Å². The summed E-state index contributed by atoms with van der Waals surface area (Å²) in [6.45, 7) is 7.70. The van der Waals surface area contributed by atoms with Crippen LogP contribution >= 0.6 is 11.3 Å². The van der Waals surface area contributed by atoms with Crippen LogP contribution in [0.25, 0.3) is 10.6 Å². The average Bonchev–Trinajstić information content (AvgIpc) is 3.24. The molecule has 0 amide bonds. The highest BCUT2D eigenvalue weighted by atomic mass is 32.1. The molecule has 0 bridgehead atoms. The number of para-hydroxylation sites is 1. The maximum Gasteiger partial charge on any atom is 0.161 e. The van der Waals surface area contributed by atoms with E-state index >= 15 is 0 Å². The fourth-order valence-corrected chi connectivity index (χ4v) is 4.43. The van der Waals surface area contributed by atoms with Gasteiger partial charge in [0.1, 0.15) is 5.01 Å². The molecule has 152 valence electrons. The minimum absolute atomic E-state index is 0.620. The molecule has 1 fully saturated rings. The molecule has 1 aromatic heterocycles. The van der Waals surface area contributed by atoms with Crippen LogP contribution in [0.2, 0.25) is 0 Å². The maximum absolute atomic E-state index is 5.61. The quantitative estimate of drug-likeness (QED) is 0.573. The first kappa shape index (κ1) is 19.7. The molecule has 0 unspecified atom stereocenters. The minimum atomic E-state index is 0.620. The standard InChI is InChI=1S/C23H27N3O2S/c1-3-28-21-10-9-18(15-22(21)27-2)23-24-19(17-29-23)16-25-11-13-26(14-12-25)20-7-5-4-6-8-20/h4-10,15,17H,3,11-14,16H2,1-2H3. The second-order valence-electron chi connectivity index (χ2n) is 7.04. The summed E-state index contributed by atoms with van der Waals surface area (Å²) in [5.74, 6) is 1.52. The lowest BCUT2D eigenvalue weighted by atomic mass is 10.2. The molecular weight excluding hydrogens is 382 g/mol. The molecule has 1 aliphatic heterocycles. The van der Waals surface area contributed by atoms with Crippen LogP contribution in [0.4, 0.5) is 5.69 Å². The van der Waals surface area contributed by atoms with Crippen molar-refractivity contribution in [1.29, 1.82) is 0 Å². The Kier molecular flexibility index (Phi) is 6.32. The molecule has 4 rings (SSSR count). The fraction of sp³-hybridized carbons (Fsp3) is 0.348. The van der Waals surface area contributed by atoms with Crippen molar-refractivity contribution in [3.05, 3.63) is 59.6 Å². The molecule has 0 radical (unpaired) electrons. The van der Waals surface area contributed by atoms with E-state index in [0.717, 1.165) is 60.5 Å². The van der Waals surface area contributed by atoms with Gasteiger partial charge >= 0.3 is 0 Å². The van der Waals surface area contributed by atoms with Crippen molar-refractivity contribution in [2.24, 2.45) is 0 Å². The Labute approximate surface area is 176 Å². The van der Waals surface area contributed by atoms with Crippen molar-refractivity contribution in [2.45, 2.75) is 13.5 Å². The summed E-state index contributed by atoms with van der Waals surface area (Å²) < 4.78 is 11.1. The maximum atomic E-state index is 5.61. The van der Waals surface area contributed by atoms with E-state index in [4.69, 9.17) is 14.5 Å². The third-order valence-corrected chi connectivity index (χ3v) is 6.08. The Balaban J connectivity index is 1.38. The smallest absolute Gasteiger partial charge is 0.161 e. The fourth-order valence-electron chi connectivity index (χ4n) is 3.62. The monoisotopic (exact) mass is 409 g/mol. The van der Waals surface area contributed by atoms with E-state index in [1.807, 2.05) is 19.1 Å². The third kappa shape index (κ3) is 4.71. The molecule has 1 aliphatic rings. The lowest BCUT2D eigenvalue weighted by Gasteiger charge is -2.35. The first-order chi connectivity index (χ1) is 14.3. The Hall–Kier alpha value is -2.57. The number of thiazole rings is 1. The van der Waals surface area contributed by atoms with E-state index in [1.54, 1.807) is 18.4 Å². The minimum Gasteiger partial charge on any atom is -0.493 e. The highest BCUT2D eigenvalue weighted by Crippen LogP contribution is 2.34. The molecule has 0 atom stereocenters. The van der Waals surface area contributed by atoms with Crippen LogP contribution in [0.15, 0.2) is 53.9 Å². The molecule has 1 saturated heterocycles. The molecule has 2 heterocycles. The summed E-state index contributed by atoms with van der Waals surface area (Å²) in [4.78, 5) is 9.81. The number of benzene rings is 2. The van der Waals surface area contributed by atoms with E-state index in [0.29, 0.717) is 6.61 Å². The van der Waals surface area contributed by atoms with Gasteiger partial charge in [0.15, 0.2) is 11.5 Å².